The van der Waals surface area contributed by atoms with Gasteiger partial charge in [-0.1, -0.05) is 42.0 Å². The number of benzene rings is 2. The van der Waals surface area contributed by atoms with Gasteiger partial charge in [0.1, 0.15) is 11.7 Å². The minimum Gasteiger partial charge on any atom is -0.341 e. The first kappa shape index (κ1) is 12.4. The number of hydrogen-bond donors (Lipinski definition) is 1. The number of aromatic nitrogens is 2. The third kappa shape index (κ3) is 2.41. The molecular weight excluding hydrogens is 246 g/mol. The molecule has 0 spiro atoms. The summed E-state index contributed by atoms with van der Waals surface area (Å²) in [5.41, 5.74) is 4.27. The van der Waals surface area contributed by atoms with Crippen LogP contribution in [-0.4, -0.2) is 9.97 Å². The largest absolute Gasteiger partial charge is 0.341 e. The number of nitrogens with zero attached hydrogens (tertiary/aromatic N) is 2. The van der Waals surface area contributed by atoms with Crippen LogP contribution >= 0.6 is 0 Å². The molecule has 0 saturated heterocycles. The Kier molecular flexibility index (Phi) is 3.22. The minimum absolute atomic E-state index is 0.245. The van der Waals surface area contributed by atoms with Gasteiger partial charge in [0, 0.05) is 0 Å². The van der Waals surface area contributed by atoms with Gasteiger partial charge >= 0.3 is 0 Å². The summed E-state index contributed by atoms with van der Waals surface area (Å²) in [5, 5.41) is 9.41. The topological polar surface area (TPSA) is 52.5 Å². The van der Waals surface area contributed by atoms with Crippen LogP contribution in [0.5, 0.6) is 0 Å². The Bertz CT molecular complexity index is 730. The van der Waals surface area contributed by atoms with E-state index in [1.54, 1.807) is 0 Å². The lowest BCUT2D eigenvalue weighted by molar-refractivity contribution is 0.793. The summed E-state index contributed by atoms with van der Waals surface area (Å²) in [6.07, 6.45) is 0.677. The molecule has 1 atom stereocenters. The molecule has 20 heavy (non-hydrogen) atoms. The van der Waals surface area contributed by atoms with E-state index >= 15 is 0 Å². The van der Waals surface area contributed by atoms with Crippen molar-refractivity contribution in [3.8, 4) is 6.07 Å². The number of H-pyrrole nitrogens is 1. The lowest BCUT2D eigenvalue weighted by Crippen LogP contribution is -2.02. The third-order valence-electron chi connectivity index (χ3n) is 3.45. The average Bonchev–Trinajstić information content (AvgIpc) is 2.90. The molecule has 1 N–H and O–H groups in total. The van der Waals surface area contributed by atoms with Gasteiger partial charge in [-0.3, -0.25) is 0 Å². The van der Waals surface area contributed by atoms with Crippen molar-refractivity contribution in [1.29, 1.82) is 5.26 Å². The highest BCUT2D eigenvalue weighted by atomic mass is 14.9. The number of para-hydroxylation sites is 2. The number of hydrogen-bond acceptors (Lipinski definition) is 2. The second-order valence-electron chi connectivity index (χ2n) is 5.01. The second-order valence-corrected chi connectivity index (χ2v) is 5.01. The lowest BCUT2D eigenvalue weighted by Gasteiger charge is -2.06. The average molecular weight is 261 g/mol. The zero-order chi connectivity index (χ0) is 13.9. The smallest absolute Gasteiger partial charge is 0.124 e. The molecule has 0 aliphatic heterocycles. The van der Waals surface area contributed by atoms with Gasteiger partial charge in [0.25, 0.3) is 0 Å². The van der Waals surface area contributed by atoms with Crippen molar-refractivity contribution in [2.45, 2.75) is 19.3 Å². The number of rotatable bonds is 3. The third-order valence-corrected chi connectivity index (χ3v) is 3.45. The van der Waals surface area contributed by atoms with Crippen molar-refractivity contribution in [2.75, 3.05) is 0 Å². The number of aromatic amines is 1. The normalized spacial score (nSPS) is 12.2. The number of fused-ring (bicyclic) bond motifs is 1. The van der Waals surface area contributed by atoms with Crippen LogP contribution in [-0.2, 0) is 6.42 Å². The number of nitrogens with one attached hydrogen (secondary N) is 1. The molecule has 98 valence electrons. The van der Waals surface area contributed by atoms with E-state index in [4.69, 9.17) is 0 Å². The van der Waals surface area contributed by atoms with E-state index in [-0.39, 0.29) is 5.92 Å². The molecule has 1 unspecified atom stereocenters. The molecular formula is C17H15N3. The molecule has 3 rings (SSSR count). The summed E-state index contributed by atoms with van der Waals surface area (Å²) in [6, 6.07) is 18.5. The summed E-state index contributed by atoms with van der Waals surface area (Å²) >= 11 is 0. The molecule has 0 amide bonds. The lowest BCUT2D eigenvalue weighted by atomic mass is 9.99. The Morgan fingerprint density at radius 2 is 1.90 bits per heavy atom. The molecule has 0 saturated carbocycles. The molecule has 3 aromatic rings. The van der Waals surface area contributed by atoms with Gasteiger partial charge in [0.2, 0.25) is 0 Å². The maximum Gasteiger partial charge on any atom is 0.124 e. The van der Waals surface area contributed by atoms with Crippen molar-refractivity contribution in [3.63, 3.8) is 0 Å². The van der Waals surface area contributed by atoms with Crippen LogP contribution in [0.15, 0.2) is 48.5 Å². The summed E-state index contributed by atoms with van der Waals surface area (Å²) < 4.78 is 0. The van der Waals surface area contributed by atoms with Crippen molar-refractivity contribution in [3.05, 3.63) is 65.5 Å². The molecule has 0 fully saturated rings. The molecule has 0 aliphatic rings. The molecule has 1 heterocycles. The van der Waals surface area contributed by atoms with E-state index in [9.17, 15) is 5.26 Å². The van der Waals surface area contributed by atoms with Gasteiger partial charge in [0.15, 0.2) is 0 Å². The SMILES string of the molecule is Cc1ccc(CC(C#N)c2nc3ccccc3[nH]2)cc1. The minimum atomic E-state index is -0.245. The van der Waals surface area contributed by atoms with Gasteiger partial charge < -0.3 is 4.98 Å². The predicted octanol–water partition coefficient (Wildman–Crippen LogP) is 3.72. The molecule has 1 aromatic heterocycles. The maximum atomic E-state index is 9.41. The first-order valence-electron chi connectivity index (χ1n) is 6.66. The summed E-state index contributed by atoms with van der Waals surface area (Å²) in [7, 11) is 0. The highest BCUT2D eigenvalue weighted by Crippen LogP contribution is 2.21. The van der Waals surface area contributed by atoms with Crippen molar-refractivity contribution < 1.29 is 0 Å². The van der Waals surface area contributed by atoms with Gasteiger partial charge in [0.05, 0.1) is 17.1 Å². The predicted molar refractivity (Wildman–Crippen MR) is 79.3 cm³/mol. The van der Waals surface area contributed by atoms with Crippen molar-refractivity contribution >= 4 is 11.0 Å². The van der Waals surface area contributed by atoms with E-state index in [0.29, 0.717) is 6.42 Å². The fourth-order valence-corrected chi connectivity index (χ4v) is 2.30. The molecule has 2 aromatic carbocycles. The van der Waals surface area contributed by atoms with Crippen LogP contribution in [0.1, 0.15) is 22.9 Å². The molecule has 0 bridgehead atoms. The number of nitriles is 1. The van der Waals surface area contributed by atoms with Crippen molar-refractivity contribution in [1.82, 2.24) is 9.97 Å². The summed E-state index contributed by atoms with van der Waals surface area (Å²) in [4.78, 5) is 7.76. The molecule has 3 nitrogen and oxygen atoms in total. The Morgan fingerprint density at radius 3 is 2.60 bits per heavy atom. The Balaban J connectivity index is 1.89. The van der Waals surface area contributed by atoms with E-state index in [1.165, 1.54) is 5.56 Å². The molecule has 0 radical (unpaired) electrons. The van der Waals surface area contributed by atoms with Crippen LogP contribution in [0, 0.1) is 18.3 Å². The number of imidazole rings is 1. The van der Waals surface area contributed by atoms with Crippen molar-refractivity contribution in [2.24, 2.45) is 0 Å². The fourth-order valence-electron chi connectivity index (χ4n) is 2.30. The van der Waals surface area contributed by atoms with E-state index < -0.39 is 0 Å². The van der Waals surface area contributed by atoms with E-state index in [1.807, 2.05) is 24.3 Å². The standard InChI is InChI=1S/C17H15N3/c1-12-6-8-13(9-7-12)10-14(11-18)17-19-15-4-2-3-5-16(15)20-17/h2-9,14H,10H2,1H3,(H,19,20). The van der Waals surface area contributed by atoms with Gasteiger partial charge in [-0.25, -0.2) is 4.98 Å². The zero-order valence-corrected chi connectivity index (χ0v) is 11.3. The summed E-state index contributed by atoms with van der Waals surface area (Å²) in [6.45, 7) is 2.06. The first-order valence-corrected chi connectivity index (χ1v) is 6.66. The quantitative estimate of drug-likeness (QED) is 0.781. The van der Waals surface area contributed by atoms with Gasteiger partial charge in [-0.05, 0) is 31.0 Å². The van der Waals surface area contributed by atoms with Gasteiger partial charge in [-0.15, -0.1) is 0 Å². The Labute approximate surface area is 117 Å². The van der Waals surface area contributed by atoms with Crippen LogP contribution < -0.4 is 0 Å². The Morgan fingerprint density at radius 1 is 1.15 bits per heavy atom. The Hall–Kier alpha value is -2.60. The van der Waals surface area contributed by atoms with Crippen LogP contribution in [0.3, 0.4) is 0 Å². The zero-order valence-electron chi connectivity index (χ0n) is 11.3. The highest BCUT2D eigenvalue weighted by Gasteiger charge is 2.15. The van der Waals surface area contributed by atoms with Gasteiger partial charge in [-0.2, -0.15) is 5.26 Å². The van der Waals surface area contributed by atoms with E-state index in [0.717, 1.165) is 22.4 Å². The summed E-state index contributed by atoms with van der Waals surface area (Å²) in [5.74, 6) is 0.499. The van der Waals surface area contributed by atoms with Crippen LogP contribution in [0.2, 0.25) is 0 Å². The van der Waals surface area contributed by atoms with Crippen LogP contribution in [0.4, 0.5) is 0 Å². The fraction of sp³-hybridized carbons (Fsp3) is 0.176. The van der Waals surface area contributed by atoms with Crippen LogP contribution in [0.25, 0.3) is 11.0 Å². The first-order chi connectivity index (χ1) is 9.76. The molecule has 0 aliphatic carbocycles. The monoisotopic (exact) mass is 261 g/mol. The second kappa shape index (κ2) is 5.18. The highest BCUT2D eigenvalue weighted by molar-refractivity contribution is 5.74. The maximum absolute atomic E-state index is 9.41. The molecule has 3 heteroatoms. The van der Waals surface area contributed by atoms with E-state index in [2.05, 4.69) is 47.2 Å². The number of aryl methyl sites for hydroxylation is 1.